The standard InChI is InChI=1S/C13H16O3/c1-3-10-16-12-7-5-4-6-11(12)8-9-13(14)15-2/h4-9H,3,10H2,1-2H3. The van der Waals surface area contributed by atoms with E-state index in [1.807, 2.05) is 31.2 Å². The predicted octanol–water partition coefficient (Wildman–Crippen LogP) is 2.66. The Morgan fingerprint density at radius 3 is 2.81 bits per heavy atom. The first kappa shape index (κ1) is 12.3. The zero-order chi connectivity index (χ0) is 11.8. The average molecular weight is 220 g/mol. The molecule has 0 fully saturated rings. The van der Waals surface area contributed by atoms with Crippen molar-refractivity contribution in [3.63, 3.8) is 0 Å². The summed E-state index contributed by atoms with van der Waals surface area (Å²) >= 11 is 0. The maximum atomic E-state index is 11.0. The minimum Gasteiger partial charge on any atom is -0.493 e. The van der Waals surface area contributed by atoms with Crippen LogP contribution in [0.3, 0.4) is 0 Å². The summed E-state index contributed by atoms with van der Waals surface area (Å²) in [6.45, 7) is 2.72. The molecule has 0 radical (unpaired) electrons. The van der Waals surface area contributed by atoms with Gasteiger partial charge in [-0.1, -0.05) is 25.1 Å². The third-order valence-electron chi connectivity index (χ3n) is 1.98. The molecular formula is C13H16O3. The Morgan fingerprint density at radius 2 is 2.12 bits per heavy atom. The van der Waals surface area contributed by atoms with Gasteiger partial charge in [0.1, 0.15) is 5.75 Å². The van der Waals surface area contributed by atoms with Gasteiger partial charge in [-0.05, 0) is 18.6 Å². The molecule has 3 nitrogen and oxygen atoms in total. The van der Waals surface area contributed by atoms with Crippen LogP contribution < -0.4 is 4.74 Å². The van der Waals surface area contributed by atoms with Gasteiger partial charge in [0.2, 0.25) is 0 Å². The van der Waals surface area contributed by atoms with Gasteiger partial charge in [0.25, 0.3) is 0 Å². The minimum absolute atomic E-state index is 0.370. The number of hydrogen-bond donors (Lipinski definition) is 0. The molecule has 0 aromatic heterocycles. The number of hydrogen-bond acceptors (Lipinski definition) is 3. The number of para-hydroxylation sites is 1. The molecule has 0 aliphatic heterocycles. The summed E-state index contributed by atoms with van der Waals surface area (Å²) in [5.74, 6) is 0.412. The van der Waals surface area contributed by atoms with E-state index < -0.39 is 0 Å². The Kier molecular flexibility index (Phi) is 5.12. The topological polar surface area (TPSA) is 35.5 Å². The second-order valence-electron chi connectivity index (χ2n) is 3.24. The molecule has 0 aliphatic rings. The predicted molar refractivity (Wildman–Crippen MR) is 63.3 cm³/mol. The van der Waals surface area contributed by atoms with Crippen LogP contribution in [-0.2, 0) is 9.53 Å². The lowest BCUT2D eigenvalue weighted by atomic mass is 10.2. The van der Waals surface area contributed by atoms with Gasteiger partial charge in [-0.2, -0.15) is 0 Å². The molecule has 0 saturated heterocycles. The molecule has 1 aromatic rings. The molecule has 0 aliphatic carbocycles. The van der Waals surface area contributed by atoms with E-state index >= 15 is 0 Å². The molecule has 1 aromatic carbocycles. The van der Waals surface area contributed by atoms with Crippen molar-refractivity contribution in [3.05, 3.63) is 35.9 Å². The first-order valence-corrected chi connectivity index (χ1v) is 5.25. The lowest BCUT2D eigenvalue weighted by Crippen LogP contribution is -1.97. The molecule has 0 heterocycles. The van der Waals surface area contributed by atoms with E-state index in [0.717, 1.165) is 17.7 Å². The second kappa shape index (κ2) is 6.67. The van der Waals surface area contributed by atoms with Crippen molar-refractivity contribution < 1.29 is 14.3 Å². The summed E-state index contributed by atoms with van der Waals surface area (Å²) in [4.78, 5) is 11.0. The van der Waals surface area contributed by atoms with Crippen molar-refractivity contribution in [3.8, 4) is 5.75 Å². The number of benzene rings is 1. The SMILES string of the molecule is CCCOc1ccccc1C=CC(=O)OC. The van der Waals surface area contributed by atoms with Crippen molar-refractivity contribution >= 4 is 12.0 Å². The molecule has 1 rings (SSSR count). The summed E-state index contributed by atoms with van der Waals surface area (Å²) in [5, 5.41) is 0. The van der Waals surface area contributed by atoms with Gasteiger partial charge in [0.05, 0.1) is 13.7 Å². The highest BCUT2D eigenvalue weighted by Crippen LogP contribution is 2.19. The van der Waals surface area contributed by atoms with Gasteiger partial charge >= 0.3 is 5.97 Å². The lowest BCUT2D eigenvalue weighted by Gasteiger charge is -2.07. The highest BCUT2D eigenvalue weighted by molar-refractivity contribution is 5.87. The summed E-state index contributed by atoms with van der Waals surface area (Å²) in [6.07, 6.45) is 4.03. The van der Waals surface area contributed by atoms with E-state index in [2.05, 4.69) is 4.74 Å². The van der Waals surface area contributed by atoms with Gasteiger partial charge in [-0.25, -0.2) is 4.79 Å². The minimum atomic E-state index is -0.370. The molecule has 16 heavy (non-hydrogen) atoms. The Hall–Kier alpha value is -1.77. The third-order valence-corrected chi connectivity index (χ3v) is 1.98. The molecule has 0 saturated carbocycles. The van der Waals surface area contributed by atoms with Crippen molar-refractivity contribution in [2.24, 2.45) is 0 Å². The van der Waals surface area contributed by atoms with Crippen LogP contribution in [0.25, 0.3) is 6.08 Å². The molecule has 0 amide bonds. The maximum absolute atomic E-state index is 11.0. The number of esters is 1. The second-order valence-corrected chi connectivity index (χ2v) is 3.24. The highest BCUT2D eigenvalue weighted by Gasteiger charge is 1.99. The van der Waals surface area contributed by atoms with Crippen LogP contribution in [0.5, 0.6) is 5.75 Å². The zero-order valence-electron chi connectivity index (χ0n) is 9.60. The van der Waals surface area contributed by atoms with E-state index in [1.165, 1.54) is 13.2 Å². The van der Waals surface area contributed by atoms with Crippen LogP contribution in [0.4, 0.5) is 0 Å². The Morgan fingerprint density at radius 1 is 1.38 bits per heavy atom. The molecule has 0 atom stereocenters. The van der Waals surface area contributed by atoms with Crippen molar-refractivity contribution in [2.75, 3.05) is 13.7 Å². The number of methoxy groups -OCH3 is 1. The summed E-state index contributed by atoms with van der Waals surface area (Å²) in [5.41, 5.74) is 0.876. The van der Waals surface area contributed by atoms with Gasteiger partial charge in [-0.15, -0.1) is 0 Å². The molecule has 86 valence electrons. The summed E-state index contributed by atoms with van der Waals surface area (Å²) in [6, 6.07) is 7.58. The van der Waals surface area contributed by atoms with Crippen molar-refractivity contribution in [2.45, 2.75) is 13.3 Å². The van der Waals surface area contributed by atoms with Crippen LogP contribution >= 0.6 is 0 Å². The fourth-order valence-corrected chi connectivity index (χ4v) is 1.19. The van der Waals surface area contributed by atoms with Crippen LogP contribution in [0.2, 0.25) is 0 Å². The highest BCUT2D eigenvalue weighted by atomic mass is 16.5. The van der Waals surface area contributed by atoms with Gasteiger partial charge in [-0.3, -0.25) is 0 Å². The van der Waals surface area contributed by atoms with Gasteiger partial charge in [0.15, 0.2) is 0 Å². The fraction of sp³-hybridized carbons (Fsp3) is 0.308. The quantitative estimate of drug-likeness (QED) is 0.565. The Bertz CT molecular complexity index is 369. The smallest absolute Gasteiger partial charge is 0.330 e. The van der Waals surface area contributed by atoms with E-state index in [9.17, 15) is 4.79 Å². The zero-order valence-corrected chi connectivity index (χ0v) is 9.60. The van der Waals surface area contributed by atoms with E-state index in [0.29, 0.717) is 6.61 Å². The first-order chi connectivity index (χ1) is 7.77. The normalized spacial score (nSPS) is 10.4. The molecule has 0 bridgehead atoms. The van der Waals surface area contributed by atoms with Crippen LogP contribution in [-0.4, -0.2) is 19.7 Å². The number of carbonyl (C=O) groups is 1. The molecular weight excluding hydrogens is 204 g/mol. The van der Waals surface area contributed by atoms with E-state index in [4.69, 9.17) is 4.74 Å². The lowest BCUT2D eigenvalue weighted by molar-refractivity contribution is -0.134. The first-order valence-electron chi connectivity index (χ1n) is 5.25. The molecule has 0 spiro atoms. The Balaban J connectivity index is 2.78. The largest absolute Gasteiger partial charge is 0.493 e. The molecule has 3 heteroatoms. The van der Waals surface area contributed by atoms with E-state index in [-0.39, 0.29) is 5.97 Å². The molecule has 0 N–H and O–H groups in total. The maximum Gasteiger partial charge on any atom is 0.330 e. The van der Waals surface area contributed by atoms with Crippen molar-refractivity contribution in [1.29, 1.82) is 0 Å². The van der Waals surface area contributed by atoms with Crippen LogP contribution in [0, 0.1) is 0 Å². The average Bonchev–Trinajstić information content (AvgIpc) is 2.34. The van der Waals surface area contributed by atoms with Crippen molar-refractivity contribution in [1.82, 2.24) is 0 Å². The van der Waals surface area contributed by atoms with E-state index in [1.54, 1.807) is 6.08 Å². The number of ether oxygens (including phenoxy) is 2. The summed E-state index contributed by atoms with van der Waals surface area (Å²) < 4.78 is 10.1. The fourth-order valence-electron chi connectivity index (χ4n) is 1.19. The van der Waals surface area contributed by atoms with Gasteiger partial charge in [0, 0.05) is 11.6 Å². The summed E-state index contributed by atoms with van der Waals surface area (Å²) in [7, 11) is 1.35. The Labute approximate surface area is 95.7 Å². The van der Waals surface area contributed by atoms with Gasteiger partial charge < -0.3 is 9.47 Å². The molecule has 0 unspecified atom stereocenters. The third kappa shape index (κ3) is 3.77. The monoisotopic (exact) mass is 220 g/mol. The van der Waals surface area contributed by atoms with Crippen LogP contribution in [0.15, 0.2) is 30.3 Å². The number of rotatable bonds is 5. The van der Waals surface area contributed by atoms with Crippen LogP contribution in [0.1, 0.15) is 18.9 Å². The number of carbonyl (C=O) groups excluding carboxylic acids is 1.